The summed E-state index contributed by atoms with van der Waals surface area (Å²) in [6, 6.07) is 1.53. The van der Waals surface area contributed by atoms with Gasteiger partial charge >= 0.3 is 0 Å². The largest absolute Gasteiger partial charge is 0.481 e. The number of methoxy groups -OCH3 is 1. The Labute approximate surface area is 95.3 Å². The molecule has 0 radical (unpaired) electrons. The Morgan fingerprint density at radius 3 is 3.00 bits per heavy atom. The molecule has 0 aliphatic carbocycles. The number of hydrogen-bond acceptors (Lipinski definition) is 6. The van der Waals surface area contributed by atoms with Crippen LogP contribution in [0, 0.1) is 0 Å². The van der Waals surface area contributed by atoms with Crippen LogP contribution in [0.15, 0.2) is 23.3 Å². The van der Waals surface area contributed by atoms with Crippen molar-refractivity contribution in [3.8, 4) is 5.88 Å². The maximum absolute atomic E-state index is 11.6. The summed E-state index contributed by atoms with van der Waals surface area (Å²) < 4.78 is 4.91. The fourth-order valence-corrected chi connectivity index (χ4v) is 1.56. The minimum atomic E-state index is -0.304. The van der Waals surface area contributed by atoms with Gasteiger partial charge in [-0.2, -0.15) is 0 Å². The zero-order chi connectivity index (χ0) is 11.4. The van der Waals surface area contributed by atoms with E-state index in [0.29, 0.717) is 17.4 Å². The summed E-state index contributed by atoms with van der Waals surface area (Å²) in [6.07, 6.45) is 1.31. The fourth-order valence-electron chi connectivity index (χ4n) is 1.02. The zero-order valence-corrected chi connectivity index (χ0v) is 9.19. The average Bonchev–Trinajstić information content (AvgIpc) is 2.83. The van der Waals surface area contributed by atoms with E-state index in [0.717, 1.165) is 0 Å². The molecule has 6 nitrogen and oxygen atoms in total. The Morgan fingerprint density at radius 1 is 1.44 bits per heavy atom. The lowest BCUT2D eigenvalue weighted by atomic mass is 10.4. The van der Waals surface area contributed by atoms with Crippen molar-refractivity contribution in [2.75, 3.05) is 12.4 Å². The normalized spacial score (nSPS) is 9.81. The molecule has 0 aromatic carbocycles. The van der Waals surface area contributed by atoms with Crippen molar-refractivity contribution in [1.29, 1.82) is 0 Å². The highest BCUT2D eigenvalue weighted by molar-refractivity contribution is 7.07. The molecule has 7 heteroatoms. The van der Waals surface area contributed by atoms with Crippen molar-refractivity contribution in [3.63, 3.8) is 0 Å². The predicted octanol–water partition coefficient (Wildman–Crippen LogP) is 1.19. The molecule has 0 aliphatic heterocycles. The molecule has 16 heavy (non-hydrogen) atoms. The summed E-state index contributed by atoms with van der Waals surface area (Å²) in [7, 11) is 1.49. The standard InChI is InChI=1S/C9H8N4O2S/c1-15-8-2-7(10-4-11-8)13-9(14)6-3-16-5-12-6/h2-5H,1H3,(H,10,11,13,14). The van der Waals surface area contributed by atoms with Gasteiger partial charge in [0.2, 0.25) is 5.88 Å². The molecular formula is C9H8N4O2S. The van der Waals surface area contributed by atoms with Crippen molar-refractivity contribution in [1.82, 2.24) is 15.0 Å². The van der Waals surface area contributed by atoms with E-state index >= 15 is 0 Å². The minimum absolute atomic E-state index is 0.304. The first-order chi connectivity index (χ1) is 7.79. The van der Waals surface area contributed by atoms with Gasteiger partial charge in [0.1, 0.15) is 17.8 Å². The molecule has 2 heterocycles. The fraction of sp³-hybridized carbons (Fsp3) is 0.111. The Hall–Kier alpha value is -2.02. The average molecular weight is 236 g/mol. The maximum atomic E-state index is 11.6. The molecule has 1 N–H and O–H groups in total. The minimum Gasteiger partial charge on any atom is -0.481 e. The molecule has 82 valence electrons. The van der Waals surface area contributed by atoms with Crippen LogP contribution in [0.25, 0.3) is 0 Å². The lowest BCUT2D eigenvalue weighted by Gasteiger charge is -2.03. The molecule has 0 spiro atoms. The van der Waals surface area contributed by atoms with E-state index in [1.165, 1.54) is 30.8 Å². The van der Waals surface area contributed by atoms with Crippen LogP contribution in [-0.2, 0) is 0 Å². The van der Waals surface area contributed by atoms with Gasteiger partial charge in [-0.25, -0.2) is 15.0 Å². The summed E-state index contributed by atoms with van der Waals surface area (Å²) in [5.41, 5.74) is 1.96. The van der Waals surface area contributed by atoms with Crippen molar-refractivity contribution >= 4 is 23.1 Å². The van der Waals surface area contributed by atoms with Crippen LogP contribution < -0.4 is 10.1 Å². The SMILES string of the molecule is COc1cc(NC(=O)c2cscn2)ncn1. The number of thiazole rings is 1. The molecular weight excluding hydrogens is 228 g/mol. The smallest absolute Gasteiger partial charge is 0.276 e. The van der Waals surface area contributed by atoms with Crippen LogP contribution in [-0.4, -0.2) is 28.0 Å². The van der Waals surface area contributed by atoms with Gasteiger partial charge in [-0.05, 0) is 0 Å². The quantitative estimate of drug-likeness (QED) is 0.866. The number of carbonyl (C=O) groups excluding carboxylic acids is 1. The monoisotopic (exact) mass is 236 g/mol. The Kier molecular flexibility index (Phi) is 3.06. The number of hydrogen-bond donors (Lipinski definition) is 1. The van der Waals surface area contributed by atoms with E-state index in [4.69, 9.17) is 4.74 Å². The molecule has 2 rings (SSSR count). The molecule has 2 aromatic heterocycles. The van der Waals surface area contributed by atoms with Crippen molar-refractivity contribution in [3.05, 3.63) is 29.0 Å². The summed E-state index contributed by atoms with van der Waals surface area (Å²) in [4.78, 5) is 23.2. The third kappa shape index (κ3) is 2.31. The Balaban J connectivity index is 2.12. The van der Waals surface area contributed by atoms with Gasteiger partial charge in [-0.15, -0.1) is 11.3 Å². The second-order valence-electron chi connectivity index (χ2n) is 2.77. The number of anilines is 1. The van der Waals surface area contributed by atoms with E-state index in [1.807, 2.05) is 0 Å². The van der Waals surface area contributed by atoms with Crippen LogP contribution in [0.2, 0.25) is 0 Å². The highest BCUT2D eigenvalue weighted by atomic mass is 32.1. The number of carbonyl (C=O) groups is 1. The van der Waals surface area contributed by atoms with Crippen LogP contribution >= 0.6 is 11.3 Å². The molecule has 0 saturated carbocycles. The first-order valence-corrected chi connectivity index (χ1v) is 5.29. The first-order valence-electron chi connectivity index (χ1n) is 4.35. The molecule has 2 aromatic rings. The summed E-state index contributed by atoms with van der Waals surface area (Å²) >= 11 is 1.36. The number of nitrogens with zero attached hydrogens (tertiary/aromatic N) is 3. The van der Waals surface area contributed by atoms with Gasteiger partial charge in [0.15, 0.2) is 0 Å². The molecule has 1 amide bonds. The van der Waals surface area contributed by atoms with Crippen LogP contribution in [0.5, 0.6) is 5.88 Å². The van der Waals surface area contributed by atoms with E-state index < -0.39 is 0 Å². The Bertz CT molecular complexity index is 486. The summed E-state index contributed by atoms with van der Waals surface area (Å²) in [5.74, 6) is 0.468. The highest BCUT2D eigenvalue weighted by Crippen LogP contribution is 2.11. The molecule has 0 saturated heterocycles. The Morgan fingerprint density at radius 2 is 2.31 bits per heavy atom. The van der Waals surface area contributed by atoms with Crippen LogP contribution in [0.1, 0.15) is 10.5 Å². The number of ether oxygens (including phenoxy) is 1. The molecule has 0 bridgehead atoms. The first kappa shape index (κ1) is 10.5. The van der Waals surface area contributed by atoms with Crippen molar-refractivity contribution < 1.29 is 9.53 Å². The third-order valence-corrected chi connectivity index (χ3v) is 2.34. The predicted molar refractivity (Wildman–Crippen MR) is 58.7 cm³/mol. The zero-order valence-electron chi connectivity index (χ0n) is 8.38. The number of aromatic nitrogens is 3. The number of nitrogens with one attached hydrogen (secondary N) is 1. The molecule has 0 atom stereocenters. The van der Waals surface area contributed by atoms with Crippen molar-refractivity contribution in [2.24, 2.45) is 0 Å². The van der Waals surface area contributed by atoms with Gasteiger partial charge in [0.05, 0.1) is 12.6 Å². The second-order valence-corrected chi connectivity index (χ2v) is 3.49. The van der Waals surface area contributed by atoms with Crippen LogP contribution in [0.4, 0.5) is 5.82 Å². The lowest BCUT2D eigenvalue weighted by molar-refractivity contribution is 0.102. The van der Waals surface area contributed by atoms with Gasteiger partial charge in [0.25, 0.3) is 5.91 Å². The van der Waals surface area contributed by atoms with Crippen molar-refractivity contribution in [2.45, 2.75) is 0 Å². The van der Waals surface area contributed by atoms with E-state index in [1.54, 1.807) is 10.9 Å². The topological polar surface area (TPSA) is 77.0 Å². The second kappa shape index (κ2) is 4.67. The van der Waals surface area contributed by atoms with E-state index in [2.05, 4.69) is 20.3 Å². The highest BCUT2D eigenvalue weighted by Gasteiger charge is 2.09. The van der Waals surface area contributed by atoms with Gasteiger partial charge in [-0.1, -0.05) is 0 Å². The van der Waals surface area contributed by atoms with E-state index in [9.17, 15) is 4.79 Å². The summed E-state index contributed by atoms with van der Waals surface area (Å²) in [5, 5.41) is 4.25. The maximum Gasteiger partial charge on any atom is 0.276 e. The molecule has 0 fully saturated rings. The molecule has 0 unspecified atom stereocenters. The third-order valence-electron chi connectivity index (χ3n) is 1.76. The number of rotatable bonds is 3. The van der Waals surface area contributed by atoms with Gasteiger partial charge in [0, 0.05) is 11.4 Å². The van der Waals surface area contributed by atoms with Gasteiger partial charge in [-0.3, -0.25) is 4.79 Å². The number of amides is 1. The lowest BCUT2D eigenvalue weighted by Crippen LogP contribution is -2.13. The summed E-state index contributed by atoms with van der Waals surface area (Å²) in [6.45, 7) is 0. The van der Waals surface area contributed by atoms with E-state index in [-0.39, 0.29) is 5.91 Å². The van der Waals surface area contributed by atoms with Crippen LogP contribution in [0.3, 0.4) is 0 Å². The van der Waals surface area contributed by atoms with Gasteiger partial charge < -0.3 is 10.1 Å². The molecule has 0 aliphatic rings.